The first-order valence-corrected chi connectivity index (χ1v) is 14.9. The van der Waals surface area contributed by atoms with Crippen molar-refractivity contribution in [1.82, 2.24) is 10.2 Å². The van der Waals surface area contributed by atoms with Crippen LogP contribution in [0.2, 0.25) is 5.02 Å². The number of hydrogen-bond donors (Lipinski definition) is 6. The lowest BCUT2D eigenvalue weighted by molar-refractivity contribution is -0.153. The lowest BCUT2D eigenvalue weighted by Gasteiger charge is -2.50. The van der Waals surface area contributed by atoms with Crippen LogP contribution in [-0.2, 0) is 27.3 Å². The number of phenols is 1. The Kier molecular flexibility index (Phi) is 6.63. The van der Waals surface area contributed by atoms with Crippen LogP contribution >= 0.6 is 11.6 Å². The normalized spacial score (nSPS) is 34.7. The third kappa shape index (κ3) is 3.77. The number of Topliss-reactive ketones (excluding diaryl/α,β-unsaturated/α-hetero) is 2. The zero-order chi connectivity index (χ0) is 30.6. The molecule has 42 heavy (non-hydrogen) atoms. The molecule has 1 amide bonds. The summed E-state index contributed by atoms with van der Waals surface area (Å²) >= 11 is 6.87. The summed E-state index contributed by atoms with van der Waals surface area (Å²) in [5, 5.41) is 48.9. The van der Waals surface area contributed by atoms with Crippen LogP contribution in [0.25, 0.3) is 5.76 Å². The first-order valence-electron chi connectivity index (χ1n) is 14.5. The number of halogens is 1. The Labute approximate surface area is 249 Å². The quantitative estimate of drug-likeness (QED) is 0.268. The Morgan fingerprint density at radius 3 is 2.40 bits per heavy atom. The van der Waals surface area contributed by atoms with Crippen molar-refractivity contribution in [3.63, 3.8) is 0 Å². The average molecular weight is 600 g/mol. The van der Waals surface area contributed by atoms with E-state index >= 15 is 0 Å². The Hall–Kier alpha value is -2.92. The van der Waals surface area contributed by atoms with Crippen LogP contribution in [0, 0.1) is 35.0 Å². The summed E-state index contributed by atoms with van der Waals surface area (Å²) in [6.07, 6.45) is 2.67. The highest BCUT2D eigenvalue weighted by Crippen LogP contribution is 2.64. The van der Waals surface area contributed by atoms with Gasteiger partial charge in [-0.25, -0.2) is 0 Å². The standard InChI is InChI=1S/C31H38ClN3O7/c1-30(2)15-5-13(17(30)9-15)10-34-11-14-8-19(36)21-16(23(14)32)6-12-7-18-24(35(3)4)26(38)22(29(33)41)28(40)31(18,42)27(39)20(12)25(21)37/h8,12-13,15,17-18,24,34,36-37,40,42H,5-7,9-11H2,1-4H3,(H2,33,41)/t12-,13+,15?,17?,18-,24-,31-/m0/s1. The molecule has 0 aromatic heterocycles. The second-order valence-corrected chi connectivity index (χ2v) is 14.0. The van der Waals surface area contributed by atoms with Gasteiger partial charge in [0.2, 0.25) is 5.78 Å². The van der Waals surface area contributed by atoms with Gasteiger partial charge < -0.3 is 31.5 Å². The molecule has 2 unspecified atom stereocenters. The lowest BCUT2D eigenvalue weighted by Crippen LogP contribution is -2.65. The van der Waals surface area contributed by atoms with Crippen LogP contribution in [-0.4, -0.2) is 75.1 Å². The smallest absolute Gasteiger partial charge is 0.255 e. The molecule has 0 radical (unpaired) electrons. The molecule has 7 atom stereocenters. The van der Waals surface area contributed by atoms with Crippen LogP contribution in [0.1, 0.15) is 49.8 Å². The first kappa shape index (κ1) is 29.2. The van der Waals surface area contributed by atoms with Crippen LogP contribution in [0.5, 0.6) is 5.75 Å². The number of ketones is 2. The maximum atomic E-state index is 13.9. The summed E-state index contributed by atoms with van der Waals surface area (Å²) < 4.78 is 0. The number of hydrogen-bond acceptors (Lipinski definition) is 9. The van der Waals surface area contributed by atoms with E-state index in [1.807, 2.05) is 0 Å². The number of carbonyl (C=O) groups excluding carboxylic acids is 3. The van der Waals surface area contributed by atoms with Gasteiger partial charge in [0, 0.05) is 23.1 Å². The van der Waals surface area contributed by atoms with Crippen molar-refractivity contribution in [2.75, 3.05) is 20.6 Å². The number of aliphatic hydroxyl groups excluding tert-OH is 2. The minimum atomic E-state index is -2.66. The monoisotopic (exact) mass is 599 g/mol. The molecule has 1 aromatic carbocycles. The lowest BCUT2D eigenvalue weighted by atomic mass is 9.57. The van der Waals surface area contributed by atoms with Crippen molar-refractivity contribution in [1.29, 1.82) is 0 Å². The Morgan fingerprint density at radius 1 is 1.14 bits per heavy atom. The Bertz CT molecular complexity index is 1500. The van der Waals surface area contributed by atoms with E-state index in [4.69, 9.17) is 17.3 Å². The molecule has 7 N–H and O–H groups in total. The Balaban J connectivity index is 1.34. The zero-order valence-electron chi connectivity index (χ0n) is 24.2. The summed E-state index contributed by atoms with van der Waals surface area (Å²) in [4.78, 5) is 40.8. The number of primary amides is 1. The maximum absolute atomic E-state index is 13.9. The van der Waals surface area contributed by atoms with Gasteiger partial charge in [-0.1, -0.05) is 25.4 Å². The SMILES string of the molecule is CN(C)[C@@H]1C(=O)C(C(N)=O)=C(O)[C@@]2(O)C(=O)C3=C(O)c4c(O)cc(CNC[C@H]5CC6CC5C6(C)C)c(Cl)c4C[C@H]3C[C@@H]12. The van der Waals surface area contributed by atoms with E-state index in [0.717, 1.165) is 12.5 Å². The van der Waals surface area contributed by atoms with Gasteiger partial charge in [0.15, 0.2) is 11.4 Å². The average Bonchev–Trinajstić information content (AvgIpc) is 3.45. The number of nitrogens with two attached hydrogens (primary N) is 1. The minimum absolute atomic E-state index is 0.00148. The molecule has 10 nitrogen and oxygen atoms in total. The predicted octanol–water partition coefficient (Wildman–Crippen LogP) is 2.39. The predicted molar refractivity (Wildman–Crippen MR) is 154 cm³/mol. The highest BCUT2D eigenvalue weighted by Gasteiger charge is 2.64. The molecule has 226 valence electrons. The third-order valence-electron chi connectivity index (χ3n) is 11.2. The summed E-state index contributed by atoms with van der Waals surface area (Å²) in [6, 6.07) is 0.340. The fourth-order valence-corrected chi connectivity index (χ4v) is 9.17. The van der Waals surface area contributed by atoms with Gasteiger partial charge >= 0.3 is 0 Å². The summed E-state index contributed by atoms with van der Waals surface area (Å²) in [7, 11) is 3.13. The van der Waals surface area contributed by atoms with Crippen molar-refractivity contribution in [3.05, 3.63) is 44.7 Å². The largest absolute Gasteiger partial charge is 0.508 e. The van der Waals surface area contributed by atoms with Gasteiger partial charge in [0.25, 0.3) is 5.91 Å². The molecule has 4 saturated carbocycles. The van der Waals surface area contributed by atoms with Crippen LogP contribution in [0.3, 0.4) is 0 Å². The first-order chi connectivity index (χ1) is 19.6. The molecule has 1 aromatic rings. The van der Waals surface area contributed by atoms with E-state index < -0.39 is 58.0 Å². The van der Waals surface area contributed by atoms with E-state index in [2.05, 4.69) is 19.2 Å². The topological polar surface area (TPSA) is 173 Å². The second-order valence-electron chi connectivity index (χ2n) is 13.7. The second kappa shape index (κ2) is 9.54. The minimum Gasteiger partial charge on any atom is -0.508 e. The maximum Gasteiger partial charge on any atom is 0.255 e. The number of aromatic hydroxyl groups is 1. The number of likely N-dealkylation sites (N-methyl/N-ethyl adjacent to an activating group) is 1. The van der Waals surface area contributed by atoms with Gasteiger partial charge in [0.05, 0.1) is 11.6 Å². The fraction of sp³-hybridized carbons (Fsp3) is 0.581. The highest BCUT2D eigenvalue weighted by molar-refractivity contribution is 6.32. The molecule has 4 fully saturated rings. The van der Waals surface area contributed by atoms with E-state index in [1.54, 1.807) is 14.1 Å². The van der Waals surface area contributed by atoms with E-state index in [1.165, 1.54) is 23.8 Å². The summed E-state index contributed by atoms with van der Waals surface area (Å²) in [6.45, 7) is 5.94. The molecule has 0 heterocycles. The van der Waals surface area contributed by atoms with E-state index in [0.29, 0.717) is 39.9 Å². The Morgan fingerprint density at radius 2 is 1.83 bits per heavy atom. The summed E-state index contributed by atoms with van der Waals surface area (Å²) in [5.41, 5.74) is 3.21. The number of phenolic OH excluding ortho intramolecular Hbond substituents is 1. The number of amides is 1. The van der Waals surface area contributed by atoms with Crippen molar-refractivity contribution in [2.24, 2.45) is 40.7 Å². The van der Waals surface area contributed by atoms with Gasteiger partial charge in [-0.2, -0.15) is 0 Å². The van der Waals surface area contributed by atoms with Gasteiger partial charge in [-0.3, -0.25) is 19.3 Å². The molecule has 0 aliphatic heterocycles. The third-order valence-corrected chi connectivity index (χ3v) is 11.6. The fourth-order valence-electron chi connectivity index (χ4n) is 8.88. The molecule has 2 bridgehead atoms. The molecular weight excluding hydrogens is 562 g/mol. The molecule has 0 spiro atoms. The van der Waals surface area contributed by atoms with Crippen molar-refractivity contribution >= 4 is 34.8 Å². The van der Waals surface area contributed by atoms with Crippen LogP contribution in [0.15, 0.2) is 23.0 Å². The number of rotatable bonds is 6. The molecule has 7 rings (SSSR count). The molecular formula is C31H38ClN3O7. The molecule has 6 aliphatic carbocycles. The van der Waals surface area contributed by atoms with Crippen molar-refractivity contribution < 1.29 is 34.8 Å². The summed E-state index contributed by atoms with van der Waals surface area (Å²) in [5.74, 6) is -4.72. The van der Waals surface area contributed by atoms with Gasteiger partial charge in [-0.05, 0) is 92.6 Å². The number of benzene rings is 1. The number of carbonyl (C=O) groups is 3. The van der Waals surface area contributed by atoms with Crippen LogP contribution < -0.4 is 11.1 Å². The van der Waals surface area contributed by atoms with Crippen molar-refractivity contribution in [2.45, 2.75) is 57.7 Å². The number of nitrogens with zero attached hydrogens (tertiary/aromatic N) is 1. The molecule has 0 saturated heterocycles. The number of nitrogens with one attached hydrogen (secondary N) is 1. The molecule has 6 aliphatic rings. The van der Waals surface area contributed by atoms with E-state index in [9.17, 15) is 34.8 Å². The van der Waals surface area contributed by atoms with Crippen LogP contribution in [0.4, 0.5) is 0 Å². The number of aliphatic hydroxyl groups is 3. The van der Waals surface area contributed by atoms with Gasteiger partial charge in [-0.15, -0.1) is 0 Å². The van der Waals surface area contributed by atoms with Crippen molar-refractivity contribution in [3.8, 4) is 5.75 Å². The molecule has 11 heteroatoms. The van der Waals surface area contributed by atoms with E-state index in [-0.39, 0.29) is 29.7 Å². The number of fused-ring (bicyclic) bond motifs is 4. The highest BCUT2D eigenvalue weighted by atomic mass is 35.5. The van der Waals surface area contributed by atoms with Gasteiger partial charge in [0.1, 0.15) is 22.8 Å². The zero-order valence-corrected chi connectivity index (χ0v) is 25.0.